The minimum absolute atomic E-state index is 0.0140. The van der Waals surface area contributed by atoms with Crippen LogP contribution >= 0.6 is 23.4 Å². The van der Waals surface area contributed by atoms with Crippen LogP contribution < -0.4 is 10.6 Å². The fraction of sp³-hybridized carbons (Fsp3) is 0.273. The molecular formula is C22H24ClN5O2S. The van der Waals surface area contributed by atoms with Crippen LogP contribution in [0.15, 0.2) is 47.6 Å². The van der Waals surface area contributed by atoms with Gasteiger partial charge in [0, 0.05) is 29.0 Å². The number of Topliss-reactive ketones (excluding diaryl/α,β-unsaturated/α-hetero) is 1. The number of thioether (sulfide) groups is 1. The second-order valence-corrected chi connectivity index (χ2v) is 8.87. The molecule has 3 rings (SSSR count). The van der Waals surface area contributed by atoms with E-state index in [1.54, 1.807) is 24.3 Å². The lowest BCUT2D eigenvalue weighted by Crippen LogP contribution is -2.23. The molecule has 0 saturated heterocycles. The van der Waals surface area contributed by atoms with Crippen LogP contribution in [-0.2, 0) is 18.4 Å². The molecule has 9 heteroatoms. The summed E-state index contributed by atoms with van der Waals surface area (Å²) in [6.45, 7) is 5.75. The minimum Gasteiger partial charge on any atom is -0.378 e. The lowest BCUT2D eigenvalue weighted by molar-refractivity contribution is -0.115. The van der Waals surface area contributed by atoms with Gasteiger partial charge in [-0.3, -0.25) is 9.59 Å². The Kier molecular flexibility index (Phi) is 7.35. The minimum atomic E-state index is -0.382. The van der Waals surface area contributed by atoms with Crippen molar-refractivity contribution in [1.29, 1.82) is 0 Å². The predicted molar refractivity (Wildman–Crippen MR) is 125 cm³/mol. The highest BCUT2D eigenvalue weighted by molar-refractivity contribution is 8.00. The van der Waals surface area contributed by atoms with Crippen LogP contribution in [0.5, 0.6) is 0 Å². The van der Waals surface area contributed by atoms with Gasteiger partial charge in [0.25, 0.3) is 0 Å². The molecule has 31 heavy (non-hydrogen) atoms. The number of nitrogens with one attached hydrogen (secondary N) is 2. The van der Waals surface area contributed by atoms with E-state index in [0.717, 1.165) is 17.1 Å². The van der Waals surface area contributed by atoms with E-state index >= 15 is 0 Å². The molecule has 1 unspecified atom stereocenters. The van der Waals surface area contributed by atoms with Gasteiger partial charge in [0.05, 0.1) is 11.8 Å². The van der Waals surface area contributed by atoms with E-state index in [-0.39, 0.29) is 16.9 Å². The zero-order valence-corrected chi connectivity index (χ0v) is 19.3. The number of amides is 1. The van der Waals surface area contributed by atoms with Gasteiger partial charge in [-0.25, -0.2) is 0 Å². The Hall–Kier alpha value is -2.84. The standard InChI is InChI=1S/C22H24ClN5O2S/c1-13-5-8-18(11-19(13)23)24-12-20-26-27-22(28(20)4)31-15(3)21(30)25-17-9-6-16(7-10-17)14(2)29/h5-11,15,24H,12H2,1-4H3,(H,25,30). The van der Waals surface area contributed by atoms with Crippen molar-refractivity contribution in [3.05, 3.63) is 64.4 Å². The van der Waals surface area contributed by atoms with Crippen LogP contribution in [0.2, 0.25) is 5.02 Å². The van der Waals surface area contributed by atoms with E-state index in [0.29, 0.717) is 28.0 Å². The van der Waals surface area contributed by atoms with Gasteiger partial charge in [-0.15, -0.1) is 10.2 Å². The molecule has 0 radical (unpaired) electrons. The van der Waals surface area contributed by atoms with Gasteiger partial charge in [0.1, 0.15) is 0 Å². The van der Waals surface area contributed by atoms with Gasteiger partial charge in [-0.05, 0) is 62.7 Å². The number of hydrogen-bond acceptors (Lipinski definition) is 6. The molecule has 0 fully saturated rings. The first kappa shape index (κ1) is 22.8. The summed E-state index contributed by atoms with van der Waals surface area (Å²) in [6.07, 6.45) is 0. The molecule has 1 amide bonds. The van der Waals surface area contributed by atoms with Crippen LogP contribution in [0.1, 0.15) is 35.6 Å². The number of nitrogens with zero attached hydrogens (tertiary/aromatic N) is 3. The molecular weight excluding hydrogens is 434 g/mol. The van der Waals surface area contributed by atoms with Gasteiger partial charge in [0.2, 0.25) is 5.91 Å². The maximum atomic E-state index is 12.5. The number of carbonyl (C=O) groups is 2. The molecule has 1 atom stereocenters. The molecule has 0 bridgehead atoms. The van der Waals surface area contributed by atoms with Crippen molar-refractivity contribution in [2.45, 2.75) is 37.7 Å². The summed E-state index contributed by atoms with van der Waals surface area (Å²) in [6, 6.07) is 12.6. The molecule has 1 heterocycles. The predicted octanol–water partition coefficient (Wildman–Crippen LogP) is 4.71. The zero-order valence-electron chi connectivity index (χ0n) is 17.8. The second-order valence-electron chi connectivity index (χ2n) is 7.16. The summed E-state index contributed by atoms with van der Waals surface area (Å²) in [4.78, 5) is 23.9. The van der Waals surface area contributed by atoms with Gasteiger partial charge in [-0.2, -0.15) is 0 Å². The SMILES string of the molecule is CC(=O)c1ccc(NC(=O)C(C)Sc2nnc(CNc3ccc(C)c(Cl)c3)n2C)cc1. The molecule has 0 saturated carbocycles. The Morgan fingerprint density at radius 1 is 1.13 bits per heavy atom. The Morgan fingerprint density at radius 3 is 2.45 bits per heavy atom. The average molecular weight is 458 g/mol. The summed E-state index contributed by atoms with van der Waals surface area (Å²) in [7, 11) is 1.87. The summed E-state index contributed by atoms with van der Waals surface area (Å²) in [5.41, 5.74) is 3.17. The van der Waals surface area contributed by atoms with Gasteiger partial charge in [0.15, 0.2) is 16.8 Å². The molecule has 0 aliphatic heterocycles. The third-order valence-corrected chi connectivity index (χ3v) is 6.30. The van der Waals surface area contributed by atoms with Crippen molar-refractivity contribution in [1.82, 2.24) is 14.8 Å². The van der Waals surface area contributed by atoms with Crippen LogP contribution in [0.3, 0.4) is 0 Å². The molecule has 1 aromatic heterocycles. The van der Waals surface area contributed by atoms with Crippen molar-refractivity contribution in [3.63, 3.8) is 0 Å². The van der Waals surface area contributed by atoms with Crippen molar-refractivity contribution < 1.29 is 9.59 Å². The summed E-state index contributed by atoms with van der Waals surface area (Å²) < 4.78 is 1.86. The number of benzene rings is 2. The number of aromatic nitrogens is 3. The fourth-order valence-corrected chi connectivity index (χ4v) is 3.74. The highest BCUT2D eigenvalue weighted by Crippen LogP contribution is 2.24. The Bertz CT molecular complexity index is 1100. The van der Waals surface area contributed by atoms with Crippen LogP contribution in [0, 0.1) is 6.92 Å². The molecule has 0 aliphatic carbocycles. The highest BCUT2D eigenvalue weighted by Gasteiger charge is 2.19. The molecule has 0 aliphatic rings. The van der Waals surface area contributed by atoms with E-state index in [1.165, 1.54) is 18.7 Å². The molecule has 3 aromatic rings. The highest BCUT2D eigenvalue weighted by atomic mass is 35.5. The second kappa shape index (κ2) is 9.98. The zero-order chi connectivity index (χ0) is 22.5. The van der Waals surface area contributed by atoms with Crippen LogP contribution in [0.4, 0.5) is 11.4 Å². The number of anilines is 2. The first-order chi connectivity index (χ1) is 14.7. The monoisotopic (exact) mass is 457 g/mol. The maximum Gasteiger partial charge on any atom is 0.237 e. The quantitative estimate of drug-likeness (QED) is 0.376. The van der Waals surface area contributed by atoms with E-state index in [1.807, 2.05) is 43.7 Å². The lowest BCUT2D eigenvalue weighted by Gasteiger charge is -2.12. The summed E-state index contributed by atoms with van der Waals surface area (Å²) in [5, 5.41) is 15.5. The smallest absolute Gasteiger partial charge is 0.237 e. The molecule has 2 N–H and O–H groups in total. The molecule has 7 nitrogen and oxygen atoms in total. The van der Waals surface area contributed by atoms with Crippen LogP contribution in [-0.4, -0.2) is 31.7 Å². The molecule has 2 aromatic carbocycles. The number of halogens is 1. The van der Waals surface area contributed by atoms with Gasteiger partial charge in [-0.1, -0.05) is 29.4 Å². The number of ketones is 1. The number of rotatable bonds is 8. The van der Waals surface area contributed by atoms with E-state index in [9.17, 15) is 9.59 Å². The third kappa shape index (κ3) is 5.86. The Morgan fingerprint density at radius 2 is 1.81 bits per heavy atom. The van der Waals surface area contributed by atoms with Gasteiger partial charge >= 0.3 is 0 Å². The first-order valence-electron chi connectivity index (χ1n) is 9.71. The maximum absolute atomic E-state index is 12.5. The van der Waals surface area contributed by atoms with Crippen LogP contribution in [0.25, 0.3) is 0 Å². The number of hydrogen-bond donors (Lipinski definition) is 2. The topological polar surface area (TPSA) is 88.9 Å². The van der Waals surface area contributed by atoms with E-state index < -0.39 is 0 Å². The van der Waals surface area contributed by atoms with Gasteiger partial charge < -0.3 is 15.2 Å². The normalized spacial score (nSPS) is 11.8. The summed E-state index contributed by atoms with van der Waals surface area (Å²) >= 11 is 7.49. The number of carbonyl (C=O) groups excluding carboxylic acids is 2. The van der Waals surface area contributed by atoms with E-state index in [4.69, 9.17) is 11.6 Å². The molecule has 162 valence electrons. The van der Waals surface area contributed by atoms with Crippen molar-refractivity contribution in [2.24, 2.45) is 7.05 Å². The van der Waals surface area contributed by atoms with Crippen molar-refractivity contribution in [3.8, 4) is 0 Å². The number of aryl methyl sites for hydroxylation is 1. The van der Waals surface area contributed by atoms with Crippen molar-refractivity contribution >= 4 is 46.4 Å². The average Bonchev–Trinajstić information content (AvgIpc) is 3.08. The Balaban J connectivity index is 1.58. The van der Waals surface area contributed by atoms with Crippen molar-refractivity contribution in [2.75, 3.05) is 10.6 Å². The third-order valence-electron chi connectivity index (χ3n) is 4.76. The Labute approximate surface area is 190 Å². The van der Waals surface area contributed by atoms with E-state index in [2.05, 4.69) is 20.8 Å². The fourth-order valence-electron chi connectivity index (χ4n) is 2.73. The molecule has 0 spiro atoms. The first-order valence-corrected chi connectivity index (χ1v) is 11.0. The summed E-state index contributed by atoms with van der Waals surface area (Å²) in [5.74, 6) is 0.573. The largest absolute Gasteiger partial charge is 0.378 e. The lowest BCUT2D eigenvalue weighted by atomic mass is 10.1.